The van der Waals surface area contributed by atoms with Gasteiger partial charge < -0.3 is 4.74 Å². The molecule has 4 nitrogen and oxygen atoms in total. The standard InChI is InChI=1S/C8H13FN2O2S/c1-2-3-11(8(9)12)14-10-4-6-13-7-5-10/h2H,1,3-7H2. The number of hydrogen-bond donors (Lipinski definition) is 0. The molecule has 0 bridgehead atoms. The molecule has 6 heteroatoms. The molecule has 1 fully saturated rings. The summed E-state index contributed by atoms with van der Waals surface area (Å²) in [6.07, 6.45) is 0.0478. The van der Waals surface area contributed by atoms with Crippen LogP contribution in [-0.2, 0) is 4.74 Å². The van der Waals surface area contributed by atoms with Crippen LogP contribution in [0.2, 0.25) is 0 Å². The monoisotopic (exact) mass is 220 g/mol. The lowest BCUT2D eigenvalue weighted by Gasteiger charge is -2.28. The van der Waals surface area contributed by atoms with Gasteiger partial charge >= 0.3 is 6.16 Å². The van der Waals surface area contributed by atoms with Crippen molar-refractivity contribution >= 4 is 18.3 Å². The number of carbonyl (C=O) groups is 1. The van der Waals surface area contributed by atoms with Crippen LogP contribution in [0.5, 0.6) is 0 Å². The SMILES string of the molecule is C=CCN(SN1CCOCC1)C(=O)F. The summed E-state index contributed by atoms with van der Waals surface area (Å²) in [5.41, 5.74) is 0. The van der Waals surface area contributed by atoms with Gasteiger partial charge in [-0.1, -0.05) is 6.08 Å². The summed E-state index contributed by atoms with van der Waals surface area (Å²) in [6.45, 7) is 6.31. The van der Waals surface area contributed by atoms with Gasteiger partial charge in [0.1, 0.15) is 0 Å². The Balaban J connectivity index is 2.36. The molecule has 1 aliphatic rings. The van der Waals surface area contributed by atoms with Gasteiger partial charge in [-0.2, -0.15) is 0 Å². The topological polar surface area (TPSA) is 32.8 Å². The summed E-state index contributed by atoms with van der Waals surface area (Å²) in [6, 6.07) is 0. The fraction of sp³-hybridized carbons (Fsp3) is 0.625. The number of rotatable bonds is 4. The summed E-state index contributed by atoms with van der Waals surface area (Å²) in [7, 11) is 0. The van der Waals surface area contributed by atoms with E-state index in [0.29, 0.717) is 26.3 Å². The van der Waals surface area contributed by atoms with Gasteiger partial charge in [0.15, 0.2) is 0 Å². The van der Waals surface area contributed by atoms with Gasteiger partial charge in [0.2, 0.25) is 0 Å². The molecule has 80 valence electrons. The Labute approximate surface area is 87.0 Å². The Morgan fingerprint density at radius 1 is 1.64 bits per heavy atom. The summed E-state index contributed by atoms with van der Waals surface area (Å²) in [5.74, 6) is 0. The Bertz CT molecular complexity index is 210. The van der Waals surface area contributed by atoms with Gasteiger partial charge in [-0.25, -0.2) is 13.4 Å². The molecule has 0 N–H and O–H groups in total. The first-order chi connectivity index (χ1) is 6.74. The zero-order valence-corrected chi connectivity index (χ0v) is 8.63. The van der Waals surface area contributed by atoms with E-state index in [1.807, 2.05) is 4.31 Å². The van der Waals surface area contributed by atoms with E-state index in [1.54, 1.807) is 0 Å². The molecule has 1 heterocycles. The van der Waals surface area contributed by atoms with Crippen LogP contribution in [0.15, 0.2) is 12.7 Å². The predicted octanol–water partition coefficient (Wildman–Crippen LogP) is 1.46. The molecule has 0 atom stereocenters. The number of hydrogen-bond acceptors (Lipinski definition) is 4. The predicted molar refractivity (Wildman–Crippen MR) is 53.4 cm³/mol. The van der Waals surface area contributed by atoms with E-state index < -0.39 is 6.16 Å². The minimum atomic E-state index is -1.44. The number of amides is 1. The summed E-state index contributed by atoms with van der Waals surface area (Å²) >= 11 is 1.09. The second-order valence-corrected chi connectivity index (χ2v) is 3.85. The van der Waals surface area contributed by atoms with Crippen molar-refractivity contribution in [2.45, 2.75) is 0 Å². The van der Waals surface area contributed by atoms with Crippen LogP contribution in [0.25, 0.3) is 0 Å². The first-order valence-electron chi connectivity index (χ1n) is 4.32. The Morgan fingerprint density at radius 2 is 2.29 bits per heavy atom. The highest BCUT2D eigenvalue weighted by molar-refractivity contribution is 7.95. The lowest BCUT2D eigenvalue weighted by Crippen LogP contribution is -2.35. The molecule has 0 aromatic rings. The third-order valence-corrected chi connectivity index (χ3v) is 2.76. The van der Waals surface area contributed by atoms with Gasteiger partial charge in [0, 0.05) is 25.2 Å². The van der Waals surface area contributed by atoms with Crippen LogP contribution < -0.4 is 0 Å². The van der Waals surface area contributed by atoms with Crippen molar-refractivity contribution in [3.8, 4) is 0 Å². The van der Waals surface area contributed by atoms with E-state index in [-0.39, 0.29) is 6.54 Å². The average Bonchev–Trinajstić information content (AvgIpc) is 2.18. The third kappa shape index (κ3) is 3.65. The maximum atomic E-state index is 12.5. The first kappa shape index (κ1) is 11.5. The molecule has 0 spiro atoms. The molecule has 0 aromatic heterocycles. The van der Waals surface area contributed by atoms with Gasteiger partial charge in [-0.15, -0.1) is 11.0 Å². The van der Waals surface area contributed by atoms with Crippen molar-refractivity contribution in [1.29, 1.82) is 0 Å². The lowest BCUT2D eigenvalue weighted by atomic mass is 10.5. The molecule has 1 amide bonds. The lowest BCUT2D eigenvalue weighted by molar-refractivity contribution is 0.0760. The smallest absolute Gasteiger partial charge is 0.379 e. The molecule has 1 aliphatic heterocycles. The van der Waals surface area contributed by atoms with Crippen LogP contribution in [0, 0.1) is 0 Å². The number of ether oxygens (including phenoxy) is 1. The normalized spacial score (nSPS) is 17.8. The fourth-order valence-electron chi connectivity index (χ4n) is 1.02. The van der Waals surface area contributed by atoms with Crippen LogP contribution in [0.1, 0.15) is 0 Å². The molecule has 14 heavy (non-hydrogen) atoms. The molecule has 0 radical (unpaired) electrons. The van der Waals surface area contributed by atoms with Crippen LogP contribution >= 0.6 is 12.1 Å². The summed E-state index contributed by atoms with van der Waals surface area (Å²) < 4.78 is 20.5. The van der Waals surface area contributed by atoms with E-state index >= 15 is 0 Å². The number of nitrogens with zero attached hydrogens (tertiary/aromatic N) is 2. The van der Waals surface area contributed by atoms with Crippen LogP contribution in [0.4, 0.5) is 9.18 Å². The molecule has 1 saturated heterocycles. The van der Waals surface area contributed by atoms with Crippen molar-refractivity contribution in [2.75, 3.05) is 32.8 Å². The largest absolute Gasteiger partial charge is 0.411 e. The average molecular weight is 220 g/mol. The molecular formula is C8H13FN2O2S. The first-order valence-corrected chi connectivity index (χ1v) is 5.05. The fourth-order valence-corrected chi connectivity index (χ4v) is 1.85. The van der Waals surface area contributed by atoms with E-state index in [1.165, 1.54) is 6.08 Å². The second kappa shape index (κ2) is 6.00. The Morgan fingerprint density at radius 3 is 2.79 bits per heavy atom. The Kier molecular flexibility index (Phi) is 4.92. The molecule has 1 rings (SSSR count). The minimum absolute atomic E-state index is 0.206. The number of halogens is 1. The van der Waals surface area contributed by atoms with Gasteiger partial charge in [-0.05, 0) is 0 Å². The quantitative estimate of drug-likeness (QED) is 0.311. The number of morpholine rings is 1. The molecule has 0 unspecified atom stereocenters. The van der Waals surface area contributed by atoms with Crippen LogP contribution in [0.3, 0.4) is 0 Å². The zero-order valence-electron chi connectivity index (χ0n) is 7.82. The highest BCUT2D eigenvalue weighted by Gasteiger charge is 2.18. The second-order valence-electron chi connectivity index (χ2n) is 2.73. The van der Waals surface area contributed by atoms with E-state index in [0.717, 1.165) is 16.4 Å². The summed E-state index contributed by atoms with van der Waals surface area (Å²) in [5, 5.41) is 0. The highest BCUT2D eigenvalue weighted by Crippen LogP contribution is 2.18. The minimum Gasteiger partial charge on any atom is -0.379 e. The summed E-state index contributed by atoms with van der Waals surface area (Å²) in [4.78, 5) is 10.5. The van der Waals surface area contributed by atoms with E-state index in [9.17, 15) is 9.18 Å². The molecular weight excluding hydrogens is 207 g/mol. The maximum absolute atomic E-state index is 12.5. The van der Waals surface area contributed by atoms with E-state index in [4.69, 9.17) is 4.74 Å². The molecule has 0 aliphatic carbocycles. The van der Waals surface area contributed by atoms with Crippen molar-refractivity contribution in [3.05, 3.63) is 12.7 Å². The van der Waals surface area contributed by atoms with Gasteiger partial charge in [0.25, 0.3) is 0 Å². The Hall–Kier alpha value is -0.590. The molecule has 0 saturated carbocycles. The van der Waals surface area contributed by atoms with Gasteiger partial charge in [-0.3, -0.25) is 0 Å². The van der Waals surface area contributed by atoms with Gasteiger partial charge in [0.05, 0.1) is 19.8 Å². The van der Waals surface area contributed by atoms with Crippen molar-refractivity contribution in [2.24, 2.45) is 0 Å². The maximum Gasteiger partial charge on any atom is 0.411 e. The van der Waals surface area contributed by atoms with E-state index in [2.05, 4.69) is 6.58 Å². The van der Waals surface area contributed by atoms with Crippen molar-refractivity contribution < 1.29 is 13.9 Å². The molecule has 0 aromatic carbocycles. The van der Waals surface area contributed by atoms with Crippen LogP contribution in [-0.4, -0.2) is 47.6 Å². The third-order valence-electron chi connectivity index (χ3n) is 1.68. The van der Waals surface area contributed by atoms with Crippen molar-refractivity contribution in [3.63, 3.8) is 0 Å². The zero-order chi connectivity index (χ0) is 10.4. The van der Waals surface area contributed by atoms with Crippen molar-refractivity contribution in [1.82, 2.24) is 8.61 Å². The highest BCUT2D eigenvalue weighted by atomic mass is 32.2. The number of carbonyl (C=O) groups excluding carboxylic acids is 1.